The highest BCUT2D eigenvalue weighted by Gasteiger charge is 2.17. The monoisotopic (exact) mass is 186 g/mol. The average Bonchev–Trinajstić information content (AvgIpc) is 2.15. The van der Waals surface area contributed by atoms with E-state index in [2.05, 4.69) is 10.2 Å². The van der Waals surface area contributed by atoms with Crippen LogP contribution in [0.5, 0.6) is 0 Å². The molecule has 1 aliphatic heterocycles. The van der Waals surface area contributed by atoms with Crippen LogP contribution in [0.2, 0.25) is 0 Å². The van der Waals surface area contributed by atoms with E-state index in [1.54, 1.807) is 6.92 Å². The number of rotatable bonds is 4. The van der Waals surface area contributed by atoms with Crippen LogP contribution in [0.3, 0.4) is 0 Å². The van der Waals surface area contributed by atoms with Gasteiger partial charge in [-0.2, -0.15) is 0 Å². The molecule has 0 aromatic heterocycles. The number of morpholine rings is 1. The molecule has 0 spiro atoms. The van der Waals surface area contributed by atoms with Gasteiger partial charge in [0.15, 0.2) is 0 Å². The van der Waals surface area contributed by atoms with Crippen LogP contribution in [0.25, 0.3) is 0 Å². The second-order valence-electron chi connectivity index (χ2n) is 3.36. The van der Waals surface area contributed by atoms with E-state index >= 15 is 0 Å². The first-order chi connectivity index (χ1) is 6.24. The molecule has 76 valence electrons. The van der Waals surface area contributed by atoms with Crippen LogP contribution in [0.4, 0.5) is 0 Å². The third-order valence-electron chi connectivity index (χ3n) is 2.38. The van der Waals surface area contributed by atoms with Crippen molar-refractivity contribution in [1.82, 2.24) is 10.2 Å². The van der Waals surface area contributed by atoms with E-state index in [0.717, 1.165) is 32.8 Å². The summed E-state index contributed by atoms with van der Waals surface area (Å²) in [7, 11) is 1.83. The molecule has 0 aromatic carbocycles. The Balaban J connectivity index is 2.31. The zero-order valence-electron chi connectivity index (χ0n) is 8.38. The molecule has 0 radical (unpaired) electrons. The van der Waals surface area contributed by atoms with Crippen molar-refractivity contribution in [3.8, 4) is 0 Å². The number of ether oxygens (including phenoxy) is 1. The Bertz CT molecular complexity index is 167. The van der Waals surface area contributed by atoms with Crippen molar-refractivity contribution in [3.05, 3.63) is 0 Å². The maximum atomic E-state index is 11.1. The molecule has 13 heavy (non-hydrogen) atoms. The Kier molecular flexibility index (Phi) is 4.35. The maximum Gasteiger partial charge on any atom is 0.147 e. The van der Waals surface area contributed by atoms with Gasteiger partial charge in [0.1, 0.15) is 5.78 Å². The molecule has 0 aliphatic carbocycles. The number of carbonyl (C=O) groups is 1. The molecule has 1 heterocycles. The van der Waals surface area contributed by atoms with Gasteiger partial charge in [-0.15, -0.1) is 0 Å². The minimum Gasteiger partial charge on any atom is -0.379 e. The van der Waals surface area contributed by atoms with Crippen molar-refractivity contribution in [2.75, 3.05) is 39.9 Å². The SMILES string of the molecule is CN[C@@H](CN1CCOCC1)C(C)=O. The lowest BCUT2D eigenvalue weighted by molar-refractivity contribution is -0.119. The Labute approximate surface area is 79.2 Å². The van der Waals surface area contributed by atoms with Crippen molar-refractivity contribution in [2.24, 2.45) is 0 Å². The topological polar surface area (TPSA) is 41.6 Å². The first-order valence-corrected chi connectivity index (χ1v) is 4.72. The van der Waals surface area contributed by atoms with Crippen molar-refractivity contribution in [1.29, 1.82) is 0 Å². The second kappa shape index (κ2) is 5.32. The van der Waals surface area contributed by atoms with E-state index < -0.39 is 0 Å². The van der Waals surface area contributed by atoms with E-state index in [1.807, 2.05) is 7.05 Å². The summed E-state index contributed by atoms with van der Waals surface area (Å²) in [6.45, 7) is 5.87. The van der Waals surface area contributed by atoms with Gasteiger partial charge >= 0.3 is 0 Å². The zero-order valence-corrected chi connectivity index (χ0v) is 8.38. The molecular formula is C9H18N2O2. The molecule has 0 saturated carbocycles. The number of nitrogens with zero attached hydrogens (tertiary/aromatic N) is 1. The van der Waals surface area contributed by atoms with E-state index in [0.29, 0.717) is 0 Å². The van der Waals surface area contributed by atoms with Gasteiger partial charge < -0.3 is 10.1 Å². The lowest BCUT2D eigenvalue weighted by Crippen LogP contribution is -2.47. The second-order valence-corrected chi connectivity index (χ2v) is 3.36. The Hall–Kier alpha value is -0.450. The van der Waals surface area contributed by atoms with Crippen LogP contribution in [0.15, 0.2) is 0 Å². The quantitative estimate of drug-likeness (QED) is 0.642. The third-order valence-corrected chi connectivity index (χ3v) is 2.38. The maximum absolute atomic E-state index is 11.1. The molecule has 1 fully saturated rings. The van der Waals surface area contributed by atoms with Crippen molar-refractivity contribution in [2.45, 2.75) is 13.0 Å². The highest BCUT2D eigenvalue weighted by Crippen LogP contribution is 1.98. The van der Waals surface area contributed by atoms with Gasteiger partial charge in [0, 0.05) is 19.6 Å². The number of ketones is 1. The van der Waals surface area contributed by atoms with E-state index in [4.69, 9.17) is 4.74 Å². The number of likely N-dealkylation sites (N-methyl/N-ethyl adjacent to an activating group) is 1. The van der Waals surface area contributed by atoms with E-state index in [1.165, 1.54) is 0 Å². The highest BCUT2D eigenvalue weighted by atomic mass is 16.5. The van der Waals surface area contributed by atoms with Crippen LogP contribution in [0, 0.1) is 0 Å². The fourth-order valence-corrected chi connectivity index (χ4v) is 1.47. The molecule has 4 heteroatoms. The molecule has 4 nitrogen and oxygen atoms in total. The Morgan fingerprint density at radius 2 is 2.15 bits per heavy atom. The molecule has 1 aliphatic rings. The Morgan fingerprint density at radius 3 is 2.62 bits per heavy atom. The van der Waals surface area contributed by atoms with Crippen molar-refractivity contribution in [3.63, 3.8) is 0 Å². The molecule has 0 bridgehead atoms. The number of nitrogens with one attached hydrogen (secondary N) is 1. The zero-order chi connectivity index (χ0) is 9.68. The van der Waals surface area contributed by atoms with Crippen LogP contribution < -0.4 is 5.32 Å². The molecular weight excluding hydrogens is 168 g/mol. The summed E-state index contributed by atoms with van der Waals surface area (Å²) in [5.41, 5.74) is 0. The fraction of sp³-hybridized carbons (Fsp3) is 0.889. The van der Waals surface area contributed by atoms with Gasteiger partial charge in [-0.25, -0.2) is 0 Å². The van der Waals surface area contributed by atoms with Gasteiger partial charge in [-0.3, -0.25) is 9.69 Å². The predicted molar refractivity (Wildman–Crippen MR) is 50.8 cm³/mol. The summed E-state index contributed by atoms with van der Waals surface area (Å²) in [5.74, 6) is 0.203. The van der Waals surface area contributed by atoms with Crippen LogP contribution in [-0.2, 0) is 9.53 Å². The van der Waals surface area contributed by atoms with Crippen molar-refractivity contribution >= 4 is 5.78 Å². The molecule has 1 saturated heterocycles. The lowest BCUT2D eigenvalue weighted by atomic mass is 10.2. The van der Waals surface area contributed by atoms with Gasteiger partial charge in [0.2, 0.25) is 0 Å². The predicted octanol–water partition coefficient (Wildman–Crippen LogP) is -0.504. The van der Waals surface area contributed by atoms with Crippen LogP contribution in [0.1, 0.15) is 6.92 Å². The molecule has 1 N–H and O–H groups in total. The standard InChI is InChI=1S/C9H18N2O2/c1-8(12)9(10-2)7-11-3-5-13-6-4-11/h9-10H,3-7H2,1-2H3/t9-/m0/s1. The summed E-state index contributed by atoms with van der Waals surface area (Å²) in [6.07, 6.45) is 0. The molecule has 0 unspecified atom stereocenters. The van der Waals surface area contributed by atoms with Gasteiger partial charge in [0.25, 0.3) is 0 Å². The molecule has 0 aromatic rings. The number of hydrogen-bond acceptors (Lipinski definition) is 4. The summed E-state index contributed by atoms with van der Waals surface area (Å²) in [4.78, 5) is 13.4. The number of carbonyl (C=O) groups excluding carboxylic acids is 1. The molecule has 1 atom stereocenters. The number of Topliss-reactive ketones (excluding diaryl/α,β-unsaturated/α-hetero) is 1. The number of hydrogen-bond donors (Lipinski definition) is 1. The summed E-state index contributed by atoms with van der Waals surface area (Å²) < 4.78 is 5.23. The minimum atomic E-state index is -0.0295. The molecule has 1 rings (SSSR count). The smallest absolute Gasteiger partial charge is 0.147 e. The normalized spacial score (nSPS) is 21.4. The molecule has 0 amide bonds. The third kappa shape index (κ3) is 3.42. The first-order valence-electron chi connectivity index (χ1n) is 4.72. The fourth-order valence-electron chi connectivity index (χ4n) is 1.47. The largest absolute Gasteiger partial charge is 0.379 e. The summed E-state index contributed by atoms with van der Waals surface area (Å²) in [5, 5.41) is 3.02. The van der Waals surface area contributed by atoms with Crippen molar-refractivity contribution < 1.29 is 9.53 Å². The highest BCUT2D eigenvalue weighted by molar-refractivity contribution is 5.81. The van der Waals surface area contributed by atoms with Crippen LogP contribution >= 0.6 is 0 Å². The van der Waals surface area contributed by atoms with E-state index in [-0.39, 0.29) is 11.8 Å². The summed E-state index contributed by atoms with van der Waals surface area (Å²) in [6, 6.07) is -0.0295. The van der Waals surface area contributed by atoms with Gasteiger partial charge in [-0.1, -0.05) is 0 Å². The van der Waals surface area contributed by atoms with E-state index in [9.17, 15) is 4.79 Å². The minimum absolute atomic E-state index is 0.0295. The van der Waals surface area contributed by atoms with Crippen LogP contribution in [-0.4, -0.2) is 56.6 Å². The lowest BCUT2D eigenvalue weighted by Gasteiger charge is -2.29. The summed E-state index contributed by atoms with van der Waals surface area (Å²) >= 11 is 0. The first kappa shape index (κ1) is 10.6. The Morgan fingerprint density at radius 1 is 1.54 bits per heavy atom. The van der Waals surface area contributed by atoms with Gasteiger partial charge in [-0.05, 0) is 14.0 Å². The van der Waals surface area contributed by atoms with Gasteiger partial charge in [0.05, 0.1) is 19.3 Å². The average molecular weight is 186 g/mol.